The summed E-state index contributed by atoms with van der Waals surface area (Å²) in [5, 5.41) is 3.49. The molecular formula is C19H28N4O2. The van der Waals surface area contributed by atoms with Crippen LogP contribution in [0.5, 0.6) is 11.6 Å². The number of hydrogen-bond donors (Lipinski definition) is 1. The highest BCUT2D eigenvalue weighted by atomic mass is 16.5. The van der Waals surface area contributed by atoms with Gasteiger partial charge in [-0.3, -0.25) is 4.98 Å². The molecule has 2 rings (SSSR count). The molecule has 2 aromatic rings. The van der Waals surface area contributed by atoms with E-state index in [4.69, 9.17) is 19.4 Å². The van der Waals surface area contributed by atoms with E-state index in [9.17, 15) is 0 Å². The van der Waals surface area contributed by atoms with Gasteiger partial charge in [-0.25, -0.2) is 4.98 Å². The third-order valence-corrected chi connectivity index (χ3v) is 4.27. The van der Waals surface area contributed by atoms with Crippen molar-refractivity contribution in [1.29, 1.82) is 0 Å². The lowest BCUT2D eigenvalue weighted by Gasteiger charge is -2.19. The van der Waals surface area contributed by atoms with Gasteiger partial charge in [-0.2, -0.15) is 4.98 Å². The van der Waals surface area contributed by atoms with E-state index in [0.29, 0.717) is 23.4 Å². The minimum atomic E-state index is 0.366. The Balaban J connectivity index is 2.56. The number of nitrogens with zero attached hydrogens (tertiary/aromatic N) is 3. The molecule has 0 spiro atoms. The monoisotopic (exact) mass is 344 g/mol. The maximum Gasteiger partial charge on any atom is 0.242 e. The molecule has 6 heteroatoms. The Morgan fingerprint density at radius 1 is 1.08 bits per heavy atom. The standard InChI is InChI=1S/C19H28N4O2/c1-7-13(8-2)21-18-15(9-3)22-17(19(23-18)25-6)14-11-20-12(4)10-16(14)24-5/h10-11,13H,7-9H2,1-6H3,(H,21,23). The van der Waals surface area contributed by atoms with Gasteiger partial charge in [0.2, 0.25) is 5.88 Å². The van der Waals surface area contributed by atoms with E-state index in [-0.39, 0.29) is 0 Å². The number of anilines is 1. The van der Waals surface area contributed by atoms with E-state index >= 15 is 0 Å². The zero-order valence-corrected chi connectivity index (χ0v) is 16.0. The summed E-state index contributed by atoms with van der Waals surface area (Å²) >= 11 is 0. The molecule has 0 aromatic carbocycles. The van der Waals surface area contributed by atoms with E-state index in [0.717, 1.165) is 42.0 Å². The van der Waals surface area contributed by atoms with Crippen LogP contribution in [0.4, 0.5) is 5.82 Å². The van der Waals surface area contributed by atoms with Crippen LogP contribution in [0.3, 0.4) is 0 Å². The summed E-state index contributed by atoms with van der Waals surface area (Å²) in [4.78, 5) is 13.9. The van der Waals surface area contributed by atoms with Crippen molar-refractivity contribution in [2.45, 2.75) is 53.0 Å². The fourth-order valence-corrected chi connectivity index (χ4v) is 2.70. The first kappa shape index (κ1) is 19.0. The smallest absolute Gasteiger partial charge is 0.242 e. The fraction of sp³-hybridized carbons (Fsp3) is 0.526. The third-order valence-electron chi connectivity index (χ3n) is 4.27. The highest BCUT2D eigenvalue weighted by Crippen LogP contribution is 2.35. The van der Waals surface area contributed by atoms with Gasteiger partial charge in [-0.15, -0.1) is 0 Å². The predicted octanol–water partition coefficient (Wildman–Crippen LogP) is 4.03. The molecule has 0 radical (unpaired) electrons. The normalized spacial score (nSPS) is 10.8. The molecule has 2 heterocycles. The SMILES string of the molecule is CCc1nc(-c2cnc(C)cc2OC)c(OC)nc1NC(CC)CC. The Labute approximate surface area is 150 Å². The largest absolute Gasteiger partial charge is 0.496 e. The second kappa shape index (κ2) is 8.65. The zero-order valence-electron chi connectivity index (χ0n) is 16.0. The van der Waals surface area contributed by atoms with Gasteiger partial charge in [0, 0.05) is 24.0 Å². The molecule has 0 aliphatic heterocycles. The van der Waals surface area contributed by atoms with Crippen LogP contribution in [0, 0.1) is 6.92 Å². The Morgan fingerprint density at radius 2 is 1.80 bits per heavy atom. The quantitative estimate of drug-likeness (QED) is 0.780. The first-order valence-corrected chi connectivity index (χ1v) is 8.80. The lowest BCUT2D eigenvalue weighted by atomic mass is 10.1. The van der Waals surface area contributed by atoms with Gasteiger partial charge in [-0.05, 0) is 26.2 Å². The molecule has 0 saturated carbocycles. The van der Waals surface area contributed by atoms with Crippen molar-refractivity contribution in [3.8, 4) is 22.9 Å². The summed E-state index contributed by atoms with van der Waals surface area (Å²) in [6.07, 6.45) is 4.59. The van der Waals surface area contributed by atoms with Gasteiger partial charge < -0.3 is 14.8 Å². The lowest BCUT2D eigenvalue weighted by Crippen LogP contribution is -2.20. The minimum Gasteiger partial charge on any atom is -0.496 e. The van der Waals surface area contributed by atoms with Crippen LogP contribution in [0.25, 0.3) is 11.3 Å². The molecule has 0 saturated heterocycles. The third kappa shape index (κ3) is 4.18. The van der Waals surface area contributed by atoms with Crippen molar-refractivity contribution < 1.29 is 9.47 Å². The molecule has 0 aliphatic carbocycles. The number of nitrogens with one attached hydrogen (secondary N) is 1. The highest BCUT2D eigenvalue weighted by molar-refractivity contribution is 5.71. The molecule has 6 nitrogen and oxygen atoms in total. The number of methoxy groups -OCH3 is 2. The Hall–Kier alpha value is -2.37. The van der Waals surface area contributed by atoms with Gasteiger partial charge in [0.05, 0.1) is 25.5 Å². The Bertz CT molecular complexity index is 715. The van der Waals surface area contributed by atoms with Gasteiger partial charge >= 0.3 is 0 Å². The van der Waals surface area contributed by atoms with Crippen molar-refractivity contribution in [3.05, 3.63) is 23.7 Å². The number of ether oxygens (including phenoxy) is 2. The Morgan fingerprint density at radius 3 is 2.36 bits per heavy atom. The van der Waals surface area contributed by atoms with Crippen molar-refractivity contribution in [2.75, 3.05) is 19.5 Å². The predicted molar refractivity (Wildman–Crippen MR) is 100 cm³/mol. The van der Waals surface area contributed by atoms with Crippen molar-refractivity contribution in [3.63, 3.8) is 0 Å². The molecule has 0 unspecified atom stereocenters. The molecular weight excluding hydrogens is 316 g/mol. The molecule has 136 valence electrons. The molecule has 0 bridgehead atoms. The average Bonchev–Trinajstić information content (AvgIpc) is 2.65. The number of hydrogen-bond acceptors (Lipinski definition) is 6. The zero-order chi connectivity index (χ0) is 18.4. The van der Waals surface area contributed by atoms with Gasteiger partial charge in [-0.1, -0.05) is 20.8 Å². The van der Waals surface area contributed by atoms with Gasteiger partial charge in [0.25, 0.3) is 0 Å². The summed E-state index contributed by atoms with van der Waals surface area (Å²) < 4.78 is 11.0. The van der Waals surface area contributed by atoms with Crippen LogP contribution in [0.1, 0.15) is 45.0 Å². The van der Waals surface area contributed by atoms with Gasteiger partial charge in [0.1, 0.15) is 11.4 Å². The van der Waals surface area contributed by atoms with Crippen molar-refractivity contribution in [2.24, 2.45) is 0 Å². The molecule has 2 aromatic heterocycles. The van der Waals surface area contributed by atoms with Crippen molar-refractivity contribution in [1.82, 2.24) is 15.0 Å². The summed E-state index contributed by atoms with van der Waals surface area (Å²) in [5.41, 5.74) is 3.22. The van der Waals surface area contributed by atoms with E-state index in [1.165, 1.54) is 0 Å². The fourth-order valence-electron chi connectivity index (χ4n) is 2.70. The van der Waals surface area contributed by atoms with E-state index in [2.05, 4.69) is 31.1 Å². The molecule has 1 N–H and O–H groups in total. The van der Waals surface area contributed by atoms with Gasteiger partial charge in [0.15, 0.2) is 5.82 Å². The van der Waals surface area contributed by atoms with Crippen LogP contribution in [0.15, 0.2) is 12.3 Å². The molecule has 0 atom stereocenters. The van der Waals surface area contributed by atoms with Crippen LogP contribution < -0.4 is 14.8 Å². The summed E-state index contributed by atoms with van der Waals surface area (Å²) in [6.45, 7) is 8.32. The average molecular weight is 344 g/mol. The van der Waals surface area contributed by atoms with Crippen LogP contribution in [0.2, 0.25) is 0 Å². The number of aryl methyl sites for hydroxylation is 2. The number of pyridine rings is 1. The maximum atomic E-state index is 5.52. The van der Waals surface area contributed by atoms with Crippen LogP contribution in [-0.4, -0.2) is 35.2 Å². The van der Waals surface area contributed by atoms with E-state index in [1.54, 1.807) is 20.4 Å². The molecule has 25 heavy (non-hydrogen) atoms. The lowest BCUT2D eigenvalue weighted by molar-refractivity contribution is 0.395. The number of rotatable bonds is 8. The second-order valence-corrected chi connectivity index (χ2v) is 5.91. The molecule has 0 aliphatic rings. The summed E-state index contributed by atoms with van der Waals surface area (Å²) in [7, 11) is 3.25. The first-order chi connectivity index (χ1) is 12.1. The summed E-state index contributed by atoms with van der Waals surface area (Å²) in [5.74, 6) is 1.97. The second-order valence-electron chi connectivity index (χ2n) is 5.91. The van der Waals surface area contributed by atoms with Crippen LogP contribution >= 0.6 is 0 Å². The topological polar surface area (TPSA) is 69.2 Å². The minimum absolute atomic E-state index is 0.366. The maximum absolute atomic E-state index is 5.52. The first-order valence-electron chi connectivity index (χ1n) is 8.80. The number of aromatic nitrogens is 3. The van der Waals surface area contributed by atoms with Crippen LogP contribution in [-0.2, 0) is 6.42 Å². The van der Waals surface area contributed by atoms with E-state index in [1.807, 2.05) is 13.0 Å². The van der Waals surface area contributed by atoms with Crippen molar-refractivity contribution >= 4 is 5.82 Å². The highest BCUT2D eigenvalue weighted by Gasteiger charge is 2.19. The molecule has 0 amide bonds. The summed E-state index contributed by atoms with van der Waals surface area (Å²) in [6, 6.07) is 2.25. The Kier molecular flexibility index (Phi) is 6.56. The van der Waals surface area contributed by atoms with E-state index < -0.39 is 0 Å². The molecule has 0 fully saturated rings.